The topological polar surface area (TPSA) is 84.3 Å². The standard InChI is InChI=1S/C21H22N4O3/c1-3-24(4-2)20(27)15-9-7-10-17(12-15)23-19(26)14-25-21(28)18-11-6-5-8-16(18)13-22-25/h5-13H,3-4,14H2,1-2H3,(H,23,26). The van der Waals surface area contributed by atoms with Crippen LogP contribution in [0.15, 0.2) is 59.5 Å². The van der Waals surface area contributed by atoms with Gasteiger partial charge in [-0.15, -0.1) is 0 Å². The number of rotatable bonds is 6. The molecule has 0 aliphatic carbocycles. The summed E-state index contributed by atoms with van der Waals surface area (Å²) in [5, 5.41) is 8.03. The lowest BCUT2D eigenvalue weighted by molar-refractivity contribution is -0.117. The summed E-state index contributed by atoms with van der Waals surface area (Å²) in [7, 11) is 0. The molecule has 0 saturated carbocycles. The van der Waals surface area contributed by atoms with Crippen molar-refractivity contribution in [1.29, 1.82) is 0 Å². The van der Waals surface area contributed by atoms with Crippen LogP contribution in [0.2, 0.25) is 0 Å². The fourth-order valence-corrected chi connectivity index (χ4v) is 3.00. The van der Waals surface area contributed by atoms with Gasteiger partial charge in [-0.25, -0.2) is 4.68 Å². The van der Waals surface area contributed by atoms with Crippen molar-refractivity contribution in [2.24, 2.45) is 0 Å². The lowest BCUT2D eigenvalue weighted by atomic mass is 10.1. The number of carbonyl (C=O) groups excluding carboxylic acids is 2. The summed E-state index contributed by atoms with van der Waals surface area (Å²) in [4.78, 5) is 39.0. The molecule has 7 nitrogen and oxygen atoms in total. The Morgan fingerprint density at radius 3 is 2.57 bits per heavy atom. The van der Waals surface area contributed by atoms with Gasteiger partial charge >= 0.3 is 0 Å². The highest BCUT2D eigenvalue weighted by Crippen LogP contribution is 2.13. The van der Waals surface area contributed by atoms with Crippen molar-refractivity contribution in [1.82, 2.24) is 14.7 Å². The van der Waals surface area contributed by atoms with Crippen LogP contribution in [-0.4, -0.2) is 39.6 Å². The quantitative estimate of drug-likeness (QED) is 0.714. The van der Waals surface area contributed by atoms with E-state index in [1.54, 1.807) is 53.6 Å². The molecular weight excluding hydrogens is 356 g/mol. The number of carbonyl (C=O) groups is 2. The van der Waals surface area contributed by atoms with Gasteiger partial charge in [-0.1, -0.05) is 24.3 Å². The molecule has 2 aromatic carbocycles. The molecule has 1 N–H and O–H groups in total. The molecule has 144 valence electrons. The second-order valence-corrected chi connectivity index (χ2v) is 6.30. The normalized spacial score (nSPS) is 10.6. The zero-order valence-electron chi connectivity index (χ0n) is 15.9. The summed E-state index contributed by atoms with van der Waals surface area (Å²) in [5.74, 6) is -0.481. The number of fused-ring (bicyclic) bond motifs is 1. The van der Waals surface area contributed by atoms with E-state index in [0.717, 1.165) is 10.1 Å². The van der Waals surface area contributed by atoms with Gasteiger partial charge in [-0.2, -0.15) is 5.10 Å². The molecule has 3 rings (SSSR count). The molecule has 0 bridgehead atoms. The van der Waals surface area contributed by atoms with E-state index in [1.165, 1.54) is 0 Å². The van der Waals surface area contributed by atoms with E-state index in [1.807, 2.05) is 19.9 Å². The van der Waals surface area contributed by atoms with Crippen molar-refractivity contribution in [2.75, 3.05) is 18.4 Å². The number of nitrogens with zero attached hydrogens (tertiary/aromatic N) is 3. The Labute approximate surface area is 162 Å². The highest BCUT2D eigenvalue weighted by Gasteiger charge is 2.14. The van der Waals surface area contributed by atoms with Crippen molar-refractivity contribution in [3.8, 4) is 0 Å². The van der Waals surface area contributed by atoms with Crippen molar-refractivity contribution in [3.63, 3.8) is 0 Å². The van der Waals surface area contributed by atoms with Gasteiger partial charge in [-0.3, -0.25) is 14.4 Å². The molecule has 0 aliphatic heterocycles. The number of anilines is 1. The molecule has 2 amide bonds. The molecule has 7 heteroatoms. The molecule has 1 heterocycles. The Hall–Kier alpha value is -3.48. The Morgan fingerprint density at radius 1 is 1.07 bits per heavy atom. The van der Waals surface area contributed by atoms with Crippen molar-refractivity contribution < 1.29 is 9.59 Å². The third-order valence-electron chi connectivity index (χ3n) is 4.50. The molecule has 0 atom stereocenters. The first-order valence-corrected chi connectivity index (χ1v) is 9.17. The summed E-state index contributed by atoms with van der Waals surface area (Å²) < 4.78 is 1.13. The van der Waals surface area contributed by atoms with E-state index < -0.39 is 5.91 Å². The van der Waals surface area contributed by atoms with Crippen LogP contribution in [0.1, 0.15) is 24.2 Å². The Balaban J connectivity index is 1.75. The summed E-state index contributed by atoms with van der Waals surface area (Å²) >= 11 is 0. The van der Waals surface area contributed by atoms with Crippen LogP contribution >= 0.6 is 0 Å². The average Bonchev–Trinajstić information content (AvgIpc) is 2.71. The fraction of sp³-hybridized carbons (Fsp3) is 0.238. The van der Waals surface area contributed by atoms with Gasteiger partial charge in [0.05, 0.1) is 11.6 Å². The van der Waals surface area contributed by atoms with Crippen molar-refractivity contribution >= 4 is 28.3 Å². The number of amides is 2. The first-order valence-electron chi connectivity index (χ1n) is 9.17. The van der Waals surface area contributed by atoms with Crippen LogP contribution in [0, 0.1) is 0 Å². The lowest BCUT2D eigenvalue weighted by Gasteiger charge is -2.19. The summed E-state index contributed by atoms with van der Waals surface area (Å²) in [5.41, 5.74) is 0.679. The SMILES string of the molecule is CCN(CC)C(=O)c1cccc(NC(=O)Cn2ncc3ccccc3c2=O)c1. The predicted octanol–water partition coefficient (Wildman–Crippen LogP) is 2.52. The van der Waals surface area contributed by atoms with E-state index in [0.29, 0.717) is 29.7 Å². The van der Waals surface area contributed by atoms with Crippen LogP contribution in [0.3, 0.4) is 0 Å². The van der Waals surface area contributed by atoms with Crippen LogP contribution in [0.25, 0.3) is 10.8 Å². The number of benzene rings is 2. The number of hydrogen-bond donors (Lipinski definition) is 1. The van der Waals surface area contributed by atoms with Crippen LogP contribution in [0.4, 0.5) is 5.69 Å². The smallest absolute Gasteiger partial charge is 0.275 e. The maximum Gasteiger partial charge on any atom is 0.275 e. The molecule has 0 aliphatic rings. The van der Waals surface area contributed by atoms with Gasteiger partial charge < -0.3 is 10.2 Å². The van der Waals surface area contributed by atoms with Gasteiger partial charge in [0.1, 0.15) is 6.54 Å². The van der Waals surface area contributed by atoms with Gasteiger partial charge in [-0.05, 0) is 38.1 Å². The maximum atomic E-state index is 12.5. The van der Waals surface area contributed by atoms with E-state index in [4.69, 9.17) is 0 Å². The summed E-state index contributed by atoms with van der Waals surface area (Å²) in [6.45, 7) is 4.85. The minimum absolute atomic E-state index is 0.0893. The van der Waals surface area contributed by atoms with Crippen molar-refractivity contribution in [3.05, 3.63) is 70.6 Å². The van der Waals surface area contributed by atoms with E-state index in [9.17, 15) is 14.4 Å². The highest BCUT2D eigenvalue weighted by molar-refractivity contribution is 5.97. The molecule has 0 fully saturated rings. The van der Waals surface area contributed by atoms with Gasteiger partial charge in [0.2, 0.25) is 5.91 Å². The number of aromatic nitrogens is 2. The number of hydrogen-bond acceptors (Lipinski definition) is 4. The fourth-order valence-electron chi connectivity index (χ4n) is 3.00. The molecule has 28 heavy (non-hydrogen) atoms. The first kappa shape index (κ1) is 19.3. The van der Waals surface area contributed by atoms with Gasteiger partial charge in [0.15, 0.2) is 0 Å². The lowest BCUT2D eigenvalue weighted by Crippen LogP contribution is -2.31. The average molecular weight is 378 g/mol. The first-order chi connectivity index (χ1) is 13.5. The Morgan fingerprint density at radius 2 is 1.82 bits per heavy atom. The molecule has 0 unspecified atom stereocenters. The van der Waals surface area contributed by atoms with Gasteiger partial charge in [0.25, 0.3) is 11.5 Å². The summed E-state index contributed by atoms with van der Waals surface area (Å²) in [6, 6.07) is 13.9. The van der Waals surface area contributed by atoms with E-state index in [2.05, 4.69) is 10.4 Å². The third kappa shape index (κ3) is 4.09. The molecule has 0 saturated heterocycles. The van der Waals surface area contributed by atoms with Gasteiger partial charge in [0, 0.05) is 29.7 Å². The maximum absolute atomic E-state index is 12.5. The predicted molar refractivity (Wildman–Crippen MR) is 108 cm³/mol. The Bertz CT molecular complexity index is 1070. The summed E-state index contributed by atoms with van der Waals surface area (Å²) in [6.07, 6.45) is 1.56. The van der Waals surface area contributed by atoms with E-state index in [-0.39, 0.29) is 18.0 Å². The zero-order valence-corrected chi connectivity index (χ0v) is 15.9. The van der Waals surface area contributed by atoms with E-state index >= 15 is 0 Å². The number of nitrogens with one attached hydrogen (secondary N) is 1. The highest BCUT2D eigenvalue weighted by atomic mass is 16.2. The van der Waals surface area contributed by atoms with Crippen LogP contribution < -0.4 is 10.9 Å². The second kappa shape index (κ2) is 8.47. The van der Waals surface area contributed by atoms with Crippen LogP contribution in [-0.2, 0) is 11.3 Å². The molecular formula is C21H22N4O3. The largest absolute Gasteiger partial charge is 0.339 e. The minimum atomic E-state index is -0.391. The zero-order chi connectivity index (χ0) is 20.1. The van der Waals surface area contributed by atoms with Crippen molar-refractivity contribution in [2.45, 2.75) is 20.4 Å². The monoisotopic (exact) mass is 378 g/mol. The minimum Gasteiger partial charge on any atom is -0.339 e. The molecule has 1 aromatic heterocycles. The molecule has 3 aromatic rings. The Kier molecular flexibility index (Phi) is 5.84. The molecule has 0 radical (unpaired) electrons. The molecule has 0 spiro atoms. The van der Waals surface area contributed by atoms with Crippen LogP contribution in [0.5, 0.6) is 0 Å². The third-order valence-corrected chi connectivity index (χ3v) is 4.50. The second-order valence-electron chi connectivity index (χ2n) is 6.30.